The lowest BCUT2D eigenvalue weighted by Crippen LogP contribution is -1.77. The van der Waals surface area contributed by atoms with E-state index in [0.717, 1.165) is 10.5 Å². The molecule has 0 aliphatic carbocycles. The fourth-order valence-corrected chi connectivity index (χ4v) is 2.57. The number of hydrogen-bond acceptors (Lipinski definition) is 2. The number of aromatic amines is 2. The van der Waals surface area contributed by atoms with E-state index < -0.39 is 0 Å². The van der Waals surface area contributed by atoms with Crippen LogP contribution in [0, 0.1) is 0 Å². The Balaban J connectivity index is 2.01. The summed E-state index contributed by atoms with van der Waals surface area (Å²) in [6, 6.07) is 7.33. The Kier molecular flexibility index (Phi) is 1.78. The third-order valence-corrected chi connectivity index (χ3v) is 3.61. The Hall–Kier alpha value is -3.40. The van der Waals surface area contributed by atoms with Crippen LogP contribution in [0.3, 0.4) is 0 Å². The fraction of sp³-hybridized carbons (Fsp3) is 0. The molecule has 5 rings (SSSR count). The summed E-state index contributed by atoms with van der Waals surface area (Å²) < 4.78 is 49.8. The van der Waals surface area contributed by atoms with Crippen molar-refractivity contribution in [2.45, 2.75) is 0 Å². The highest BCUT2D eigenvalue weighted by molar-refractivity contribution is 5.77. The number of hydrogen-bond donors (Lipinski definition) is 2. The van der Waals surface area contributed by atoms with E-state index in [1.54, 1.807) is 24.3 Å². The molecule has 114 valence electrons. The summed E-state index contributed by atoms with van der Waals surface area (Å²) in [5, 5.41) is 0. The summed E-state index contributed by atoms with van der Waals surface area (Å²) >= 11 is 0. The highest BCUT2D eigenvalue weighted by atomic mass is 14.8. The predicted molar refractivity (Wildman–Crippen MR) is 98.9 cm³/mol. The van der Waals surface area contributed by atoms with Crippen LogP contribution in [0.2, 0.25) is 1.41 Å². The first-order valence-electron chi connectivity index (χ1n) is 10.3. The molecule has 0 saturated heterocycles. The van der Waals surface area contributed by atoms with Crippen LogP contribution < -0.4 is 0 Å². The number of aromatic nitrogens is 4. The molecule has 2 N–H and O–H groups in total. The van der Waals surface area contributed by atoms with Gasteiger partial charge in [0.15, 0.2) is 1.41 Å². The van der Waals surface area contributed by atoms with Crippen LogP contribution in [0.1, 0.15) is 29.6 Å². The van der Waals surface area contributed by atoms with E-state index in [-0.39, 0.29) is 52.7 Å². The zero-order valence-electron chi connectivity index (χ0n) is 18.4. The van der Waals surface area contributed by atoms with E-state index in [1.165, 1.54) is 0 Å². The van der Waals surface area contributed by atoms with Gasteiger partial charge in [-0.05, 0) is 72.7 Å². The Morgan fingerprint density at radius 3 is 2.38 bits per heavy atom. The van der Waals surface area contributed by atoms with Gasteiger partial charge in [-0.15, -0.1) is 0 Å². The Morgan fingerprint density at radius 2 is 1.46 bits per heavy atom. The van der Waals surface area contributed by atoms with Crippen molar-refractivity contribution < 1.29 is 8.27 Å². The van der Waals surface area contributed by atoms with Gasteiger partial charge in [-0.1, -0.05) is 0 Å². The minimum absolute atomic E-state index is 0.107. The molecule has 5 heterocycles. The van der Waals surface area contributed by atoms with Gasteiger partial charge >= 0.3 is 0 Å². The SMILES string of the molecule is [2H]C1=C([2H])c2nc1cc1nc(cc3ccc(cc4c([2H])c([2H])c(c2[2H])n4[2H])[nH]3)C=C1. The Morgan fingerprint density at radius 1 is 0.750 bits per heavy atom. The van der Waals surface area contributed by atoms with E-state index in [4.69, 9.17) is 8.27 Å². The van der Waals surface area contributed by atoms with E-state index in [1.807, 2.05) is 18.2 Å². The summed E-state index contributed by atoms with van der Waals surface area (Å²) in [7, 11) is 0. The monoisotopic (exact) mass is 316 g/mol. The lowest BCUT2D eigenvalue weighted by Gasteiger charge is -1.86. The molecule has 0 radical (unpaired) electrons. The first kappa shape index (κ1) is 8.45. The summed E-state index contributed by atoms with van der Waals surface area (Å²) in [4.78, 5) is 12.7. The second-order valence-electron chi connectivity index (χ2n) is 5.41. The van der Waals surface area contributed by atoms with Crippen LogP contribution in [0.25, 0.3) is 46.3 Å². The van der Waals surface area contributed by atoms with Crippen molar-refractivity contribution in [2.75, 3.05) is 0 Å². The van der Waals surface area contributed by atoms with Gasteiger partial charge in [0.2, 0.25) is 0 Å². The molecule has 0 spiro atoms. The standard InChI is InChI=1S/C20H14N4/c1-2-14-10-16-5-6-18(23-16)12-20-8-7-19(24-20)11-17-4-3-15(22-17)9-13(1)21-14/h1-12,21-22H/i1D,2D,5D,6D,10D/hD. The van der Waals surface area contributed by atoms with Crippen molar-refractivity contribution >= 4 is 46.3 Å². The topological polar surface area (TPSA) is 57.4 Å². The van der Waals surface area contributed by atoms with Crippen molar-refractivity contribution in [1.82, 2.24) is 19.9 Å². The third kappa shape index (κ3) is 2.44. The highest BCUT2D eigenvalue weighted by Gasteiger charge is 2.02. The van der Waals surface area contributed by atoms with Crippen molar-refractivity contribution in [3.05, 3.63) is 71.2 Å². The van der Waals surface area contributed by atoms with E-state index in [0.29, 0.717) is 16.9 Å². The Labute approximate surface area is 146 Å². The van der Waals surface area contributed by atoms with Gasteiger partial charge < -0.3 is 9.96 Å². The first-order chi connectivity index (χ1) is 14.3. The molecule has 4 heteroatoms. The second kappa shape index (κ2) is 5.06. The number of nitrogens with zero attached hydrogens (tertiary/aromatic N) is 2. The maximum absolute atomic E-state index is 8.49. The number of nitrogens with one attached hydrogen (secondary N) is 2. The van der Waals surface area contributed by atoms with Crippen LogP contribution in [0.4, 0.5) is 0 Å². The first-order valence-corrected chi connectivity index (χ1v) is 7.40. The van der Waals surface area contributed by atoms with Crippen LogP contribution >= 0.6 is 0 Å². The van der Waals surface area contributed by atoms with Gasteiger partial charge in [-0.3, -0.25) is 0 Å². The van der Waals surface area contributed by atoms with Crippen molar-refractivity contribution in [1.29, 1.82) is 0 Å². The maximum atomic E-state index is 8.49. The average molecular weight is 316 g/mol. The van der Waals surface area contributed by atoms with Crippen molar-refractivity contribution in [2.24, 2.45) is 0 Å². The van der Waals surface area contributed by atoms with Crippen LogP contribution in [0.15, 0.2) is 48.5 Å². The van der Waals surface area contributed by atoms with Crippen LogP contribution in [0.5, 0.6) is 0 Å². The quantitative estimate of drug-likeness (QED) is 0.496. The third-order valence-electron chi connectivity index (χ3n) is 3.61. The van der Waals surface area contributed by atoms with Gasteiger partial charge in [-0.2, -0.15) is 0 Å². The van der Waals surface area contributed by atoms with Crippen LogP contribution in [-0.4, -0.2) is 19.9 Å². The Bertz CT molecular complexity index is 1460. The zero-order chi connectivity index (χ0) is 21.2. The van der Waals surface area contributed by atoms with Gasteiger partial charge in [0.25, 0.3) is 0 Å². The minimum Gasteiger partial charge on any atom is -0.355 e. The van der Waals surface area contributed by atoms with Gasteiger partial charge in [0.1, 0.15) is 0 Å². The van der Waals surface area contributed by atoms with Crippen molar-refractivity contribution in [3.8, 4) is 0 Å². The lowest BCUT2D eigenvalue weighted by atomic mass is 10.3. The minimum atomic E-state index is -0.343. The molecule has 2 aliphatic heterocycles. The van der Waals surface area contributed by atoms with E-state index in [9.17, 15) is 0 Å². The van der Waals surface area contributed by atoms with Crippen LogP contribution in [-0.2, 0) is 0 Å². The zero-order valence-corrected chi connectivity index (χ0v) is 12.4. The molecular formula is C20H14N4. The largest absolute Gasteiger partial charge is 0.355 e. The molecule has 8 bridgehead atoms. The van der Waals surface area contributed by atoms with Gasteiger partial charge in [0, 0.05) is 22.1 Å². The summed E-state index contributed by atoms with van der Waals surface area (Å²) in [6.45, 7) is 0. The second-order valence-corrected chi connectivity index (χ2v) is 5.41. The molecule has 3 aromatic rings. The van der Waals surface area contributed by atoms with E-state index >= 15 is 0 Å². The number of fused-ring (bicyclic) bond motifs is 8. The molecular weight excluding hydrogens is 296 g/mol. The lowest BCUT2D eigenvalue weighted by molar-refractivity contribution is 1.28. The van der Waals surface area contributed by atoms with Crippen molar-refractivity contribution in [3.63, 3.8) is 0 Å². The molecule has 4 nitrogen and oxygen atoms in total. The molecule has 0 saturated carbocycles. The normalized spacial score (nSPS) is 17.0. The molecule has 24 heavy (non-hydrogen) atoms. The average Bonchev–Trinajstić information content (AvgIpc) is 3.45. The molecule has 0 atom stereocenters. The fourth-order valence-electron chi connectivity index (χ4n) is 2.57. The number of H-pyrrole nitrogens is 2. The van der Waals surface area contributed by atoms with Gasteiger partial charge in [-0.25, -0.2) is 9.97 Å². The smallest absolute Gasteiger partial charge is 0.167 e. The van der Waals surface area contributed by atoms with E-state index in [2.05, 4.69) is 15.0 Å². The highest BCUT2D eigenvalue weighted by Crippen LogP contribution is 2.17. The molecule has 3 aromatic heterocycles. The molecule has 0 amide bonds. The maximum Gasteiger partial charge on any atom is 0.167 e. The molecule has 0 fully saturated rings. The summed E-state index contributed by atoms with van der Waals surface area (Å²) in [5.41, 5.74) is 2.72. The molecule has 0 unspecified atom stereocenters. The summed E-state index contributed by atoms with van der Waals surface area (Å²) in [5.74, 6) is 0. The number of rotatable bonds is 0. The predicted octanol–water partition coefficient (Wildman–Crippen LogP) is 4.66. The van der Waals surface area contributed by atoms with Gasteiger partial charge in [0.05, 0.1) is 29.6 Å². The summed E-state index contributed by atoms with van der Waals surface area (Å²) in [6.07, 6.45) is 3.60. The molecule has 0 aromatic carbocycles. The molecule has 2 aliphatic rings.